The van der Waals surface area contributed by atoms with Crippen LogP contribution in [0, 0.1) is 17.8 Å². The van der Waals surface area contributed by atoms with Crippen LogP contribution in [0.25, 0.3) is 0 Å². The molecule has 0 radical (unpaired) electrons. The molecule has 0 aromatic rings. The molecule has 0 aliphatic heterocycles. The molecule has 0 spiro atoms. The lowest BCUT2D eigenvalue weighted by molar-refractivity contribution is -0.150. The van der Waals surface area contributed by atoms with Crippen molar-refractivity contribution >= 4 is 5.97 Å². The molecule has 0 atom stereocenters. The molecule has 0 amide bonds. The molecule has 2 aliphatic rings. The summed E-state index contributed by atoms with van der Waals surface area (Å²) in [6.45, 7) is 4.18. The molecule has 2 saturated carbocycles. The van der Waals surface area contributed by atoms with Gasteiger partial charge in [0.1, 0.15) is 6.10 Å². The highest BCUT2D eigenvalue weighted by atomic mass is 16.5. The molecule has 2 rings (SSSR count). The Morgan fingerprint density at radius 3 is 1.73 bits per heavy atom. The number of hydrogen-bond donors (Lipinski definition) is 0. The third-order valence-corrected chi connectivity index (χ3v) is 7.05. The van der Waals surface area contributed by atoms with Crippen LogP contribution in [0.3, 0.4) is 0 Å². The Morgan fingerprint density at radius 1 is 0.692 bits per heavy atom. The monoisotopic (exact) mass is 364 g/mol. The molecule has 2 aliphatic carbocycles. The van der Waals surface area contributed by atoms with Gasteiger partial charge in [-0.2, -0.15) is 0 Å². The van der Waals surface area contributed by atoms with Gasteiger partial charge in [-0.05, 0) is 43.4 Å². The summed E-state index contributed by atoms with van der Waals surface area (Å²) in [5, 5.41) is 0. The summed E-state index contributed by atoms with van der Waals surface area (Å²) in [5.74, 6) is 2.91. The largest absolute Gasteiger partial charge is 0.462 e. The van der Waals surface area contributed by atoms with Crippen molar-refractivity contribution in [2.24, 2.45) is 17.8 Å². The van der Waals surface area contributed by atoms with E-state index < -0.39 is 0 Å². The highest BCUT2D eigenvalue weighted by molar-refractivity contribution is 5.69. The molecular weight excluding hydrogens is 320 g/mol. The second-order valence-corrected chi connectivity index (χ2v) is 9.15. The van der Waals surface area contributed by atoms with Gasteiger partial charge in [-0.25, -0.2) is 0 Å². The van der Waals surface area contributed by atoms with Crippen molar-refractivity contribution in [2.45, 2.75) is 129 Å². The normalized spacial score (nSPS) is 29.5. The van der Waals surface area contributed by atoms with E-state index in [9.17, 15) is 4.79 Å². The standard InChI is InChI=1S/C24H44O2/c1-3-5-6-7-8-9-20-10-12-21(13-11-20)14-15-22-16-18-23(19-17-22)26-24(25)4-2/h20-23H,3-19H2,1-2H3. The van der Waals surface area contributed by atoms with Gasteiger partial charge in [-0.1, -0.05) is 90.9 Å². The number of esters is 1. The van der Waals surface area contributed by atoms with Crippen LogP contribution in [0.4, 0.5) is 0 Å². The van der Waals surface area contributed by atoms with E-state index in [0.717, 1.165) is 30.6 Å². The summed E-state index contributed by atoms with van der Waals surface area (Å²) < 4.78 is 5.51. The van der Waals surface area contributed by atoms with Crippen molar-refractivity contribution in [3.8, 4) is 0 Å². The maximum Gasteiger partial charge on any atom is 0.305 e. The summed E-state index contributed by atoms with van der Waals surface area (Å²) in [6, 6.07) is 0. The van der Waals surface area contributed by atoms with Crippen molar-refractivity contribution in [3.63, 3.8) is 0 Å². The molecule has 152 valence electrons. The number of rotatable bonds is 11. The van der Waals surface area contributed by atoms with Gasteiger partial charge in [0.05, 0.1) is 0 Å². The number of hydrogen-bond acceptors (Lipinski definition) is 2. The second kappa shape index (κ2) is 12.8. The summed E-state index contributed by atoms with van der Waals surface area (Å²) >= 11 is 0. The Bertz CT molecular complexity index is 362. The van der Waals surface area contributed by atoms with E-state index >= 15 is 0 Å². The van der Waals surface area contributed by atoms with Gasteiger partial charge in [0, 0.05) is 6.42 Å². The zero-order chi connectivity index (χ0) is 18.6. The van der Waals surface area contributed by atoms with Gasteiger partial charge in [0.25, 0.3) is 0 Å². The number of ether oxygens (including phenoxy) is 1. The van der Waals surface area contributed by atoms with Crippen molar-refractivity contribution in [1.29, 1.82) is 0 Å². The van der Waals surface area contributed by atoms with E-state index in [4.69, 9.17) is 4.74 Å². The fraction of sp³-hybridized carbons (Fsp3) is 0.958. The topological polar surface area (TPSA) is 26.3 Å². The average Bonchev–Trinajstić information content (AvgIpc) is 2.68. The lowest BCUT2D eigenvalue weighted by atomic mass is 9.76. The Hall–Kier alpha value is -0.530. The minimum absolute atomic E-state index is 0.0180. The van der Waals surface area contributed by atoms with Gasteiger partial charge in [0.15, 0.2) is 0 Å². The van der Waals surface area contributed by atoms with Crippen LogP contribution in [-0.2, 0) is 9.53 Å². The van der Waals surface area contributed by atoms with Gasteiger partial charge < -0.3 is 4.74 Å². The first-order valence-corrected chi connectivity index (χ1v) is 11.9. The fourth-order valence-corrected chi connectivity index (χ4v) is 5.12. The molecular formula is C24H44O2. The first-order valence-electron chi connectivity index (χ1n) is 11.9. The first kappa shape index (κ1) is 21.8. The molecule has 0 heterocycles. The predicted octanol–water partition coefficient (Wildman–Crippen LogP) is 7.45. The van der Waals surface area contributed by atoms with E-state index in [2.05, 4.69) is 6.92 Å². The lowest BCUT2D eigenvalue weighted by Gasteiger charge is -2.32. The average molecular weight is 365 g/mol. The van der Waals surface area contributed by atoms with Crippen molar-refractivity contribution in [3.05, 3.63) is 0 Å². The molecule has 0 aromatic carbocycles. The lowest BCUT2D eigenvalue weighted by Crippen LogP contribution is -2.24. The van der Waals surface area contributed by atoms with Crippen LogP contribution < -0.4 is 0 Å². The van der Waals surface area contributed by atoms with E-state index in [-0.39, 0.29) is 12.1 Å². The Morgan fingerprint density at radius 2 is 1.19 bits per heavy atom. The molecule has 26 heavy (non-hydrogen) atoms. The van der Waals surface area contributed by atoms with Gasteiger partial charge in [-0.3, -0.25) is 4.79 Å². The first-order chi connectivity index (χ1) is 12.7. The van der Waals surface area contributed by atoms with Gasteiger partial charge in [0.2, 0.25) is 0 Å². The summed E-state index contributed by atoms with van der Waals surface area (Å²) in [6.07, 6.45) is 23.0. The van der Waals surface area contributed by atoms with Crippen molar-refractivity contribution in [2.75, 3.05) is 0 Å². The molecule has 0 aromatic heterocycles. The number of carbonyl (C=O) groups excluding carboxylic acids is 1. The third kappa shape index (κ3) is 8.44. The second-order valence-electron chi connectivity index (χ2n) is 9.15. The zero-order valence-electron chi connectivity index (χ0n) is 17.6. The van der Waals surface area contributed by atoms with Crippen LogP contribution in [0.1, 0.15) is 123 Å². The van der Waals surface area contributed by atoms with E-state index in [1.165, 1.54) is 89.9 Å². The maximum atomic E-state index is 11.4. The summed E-state index contributed by atoms with van der Waals surface area (Å²) in [4.78, 5) is 11.4. The van der Waals surface area contributed by atoms with Crippen LogP contribution >= 0.6 is 0 Å². The van der Waals surface area contributed by atoms with Crippen molar-refractivity contribution in [1.82, 2.24) is 0 Å². The van der Waals surface area contributed by atoms with Gasteiger partial charge in [-0.15, -0.1) is 0 Å². The van der Waals surface area contributed by atoms with Crippen molar-refractivity contribution < 1.29 is 9.53 Å². The Balaban J connectivity index is 1.49. The van der Waals surface area contributed by atoms with E-state index in [1.807, 2.05) is 6.92 Å². The minimum atomic E-state index is -0.0180. The van der Waals surface area contributed by atoms with Crippen LogP contribution in [-0.4, -0.2) is 12.1 Å². The zero-order valence-corrected chi connectivity index (χ0v) is 17.6. The number of carbonyl (C=O) groups is 1. The smallest absolute Gasteiger partial charge is 0.305 e. The van der Waals surface area contributed by atoms with Crippen LogP contribution in [0.15, 0.2) is 0 Å². The third-order valence-electron chi connectivity index (χ3n) is 7.05. The molecule has 2 heteroatoms. The SMILES string of the molecule is CCCCCCCC1CCC(CCC2CCC(OC(=O)CC)CC2)CC1. The Labute approximate surface area is 162 Å². The van der Waals surface area contributed by atoms with Crippen LogP contribution in [0.5, 0.6) is 0 Å². The Kier molecular flexibility index (Phi) is 10.7. The number of unbranched alkanes of at least 4 members (excludes halogenated alkanes) is 4. The van der Waals surface area contributed by atoms with E-state index in [1.54, 1.807) is 0 Å². The quantitative estimate of drug-likeness (QED) is 0.281. The maximum absolute atomic E-state index is 11.4. The summed E-state index contributed by atoms with van der Waals surface area (Å²) in [5.41, 5.74) is 0. The van der Waals surface area contributed by atoms with Crippen LogP contribution in [0.2, 0.25) is 0 Å². The van der Waals surface area contributed by atoms with E-state index in [0.29, 0.717) is 6.42 Å². The van der Waals surface area contributed by atoms with Gasteiger partial charge >= 0.3 is 5.97 Å². The molecule has 2 fully saturated rings. The fourth-order valence-electron chi connectivity index (χ4n) is 5.12. The highest BCUT2D eigenvalue weighted by Gasteiger charge is 2.25. The predicted molar refractivity (Wildman–Crippen MR) is 110 cm³/mol. The molecule has 0 unspecified atom stereocenters. The molecule has 0 saturated heterocycles. The molecule has 0 N–H and O–H groups in total. The minimum Gasteiger partial charge on any atom is -0.462 e. The summed E-state index contributed by atoms with van der Waals surface area (Å²) in [7, 11) is 0. The highest BCUT2D eigenvalue weighted by Crippen LogP contribution is 2.37. The molecule has 0 bridgehead atoms. The molecule has 2 nitrogen and oxygen atoms in total.